The molecular weight excluding hydrogens is 238 g/mol. The van der Waals surface area contributed by atoms with Crippen LogP contribution in [0.2, 0.25) is 0 Å². The van der Waals surface area contributed by atoms with Gasteiger partial charge in [-0.1, -0.05) is 6.08 Å². The van der Waals surface area contributed by atoms with Crippen LogP contribution in [0.15, 0.2) is 35.6 Å². The van der Waals surface area contributed by atoms with Crippen LogP contribution in [0.5, 0.6) is 0 Å². The second-order valence-electron chi connectivity index (χ2n) is 3.65. The van der Waals surface area contributed by atoms with Crippen LogP contribution in [0, 0.1) is 0 Å². The first kappa shape index (κ1) is 10.2. The van der Waals surface area contributed by atoms with Crippen LogP contribution < -0.4 is 0 Å². The zero-order valence-electron chi connectivity index (χ0n) is 8.79. The molecule has 0 amide bonds. The molecule has 86 valence electrons. The van der Waals surface area contributed by atoms with Crippen LogP contribution in [0.4, 0.5) is 4.79 Å². The highest BCUT2D eigenvalue weighted by Crippen LogP contribution is 2.37. The molecular formula is C12H9NO3S. The first-order valence-electron chi connectivity index (χ1n) is 5.10. The van der Waals surface area contributed by atoms with Gasteiger partial charge in [-0.3, -0.25) is 0 Å². The van der Waals surface area contributed by atoms with Crippen molar-refractivity contribution < 1.29 is 14.6 Å². The van der Waals surface area contributed by atoms with Crippen molar-refractivity contribution in [3.63, 3.8) is 0 Å². The molecule has 2 aliphatic heterocycles. The second kappa shape index (κ2) is 3.78. The van der Waals surface area contributed by atoms with Crippen LogP contribution in [0.25, 0.3) is 11.8 Å². The van der Waals surface area contributed by atoms with Crippen molar-refractivity contribution in [2.75, 3.05) is 6.54 Å². The van der Waals surface area contributed by atoms with E-state index in [1.807, 2.05) is 34.7 Å². The second-order valence-corrected chi connectivity index (χ2v) is 4.60. The van der Waals surface area contributed by atoms with Crippen molar-refractivity contribution in [2.24, 2.45) is 0 Å². The number of nitrogens with zero attached hydrogens (tertiary/aromatic N) is 1. The fourth-order valence-corrected chi connectivity index (χ4v) is 2.77. The maximum Gasteiger partial charge on any atom is 0.511 e. The largest absolute Gasteiger partial charge is 0.511 e. The Morgan fingerprint density at radius 2 is 2.35 bits per heavy atom. The minimum absolute atomic E-state index is 0.382. The van der Waals surface area contributed by atoms with E-state index in [4.69, 9.17) is 9.84 Å². The first-order chi connectivity index (χ1) is 8.25. The fraction of sp³-hybridized carbons (Fsp3) is 0.0833. The zero-order chi connectivity index (χ0) is 11.8. The predicted molar refractivity (Wildman–Crippen MR) is 65.2 cm³/mol. The van der Waals surface area contributed by atoms with E-state index in [9.17, 15) is 4.79 Å². The molecule has 0 saturated carbocycles. The summed E-state index contributed by atoms with van der Waals surface area (Å²) in [5.74, 6) is 0.382. The van der Waals surface area contributed by atoms with Gasteiger partial charge in [0.1, 0.15) is 0 Å². The summed E-state index contributed by atoms with van der Waals surface area (Å²) in [4.78, 5) is 13.8. The van der Waals surface area contributed by atoms with Gasteiger partial charge in [-0.25, -0.2) is 4.79 Å². The van der Waals surface area contributed by atoms with Gasteiger partial charge in [0.15, 0.2) is 5.76 Å². The summed E-state index contributed by atoms with van der Waals surface area (Å²) < 4.78 is 4.83. The lowest BCUT2D eigenvalue weighted by molar-refractivity contribution is 0.121. The summed E-state index contributed by atoms with van der Waals surface area (Å²) in [7, 11) is 0. The highest BCUT2D eigenvalue weighted by atomic mass is 32.1. The van der Waals surface area contributed by atoms with Gasteiger partial charge in [-0.15, -0.1) is 11.3 Å². The van der Waals surface area contributed by atoms with Crippen LogP contribution in [0.1, 0.15) is 10.4 Å². The van der Waals surface area contributed by atoms with Gasteiger partial charge < -0.3 is 14.7 Å². The third-order valence-corrected chi connectivity index (χ3v) is 3.53. The highest BCUT2D eigenvalue weighted by molar-refractivity contribution is 7.11. The number of ether oxygens (including phenoxy) is 1. The summed E-state index contributed by atoms with van der Waals surface area (Å²) in [6.45, 7) is 0.730. The molecule has 0 unspecified atom stereocenters. The Kier molecular flexibility index (Phi) is 2.26. The Balaban J connectivity index is 2.14. The summed E-state index contributed by atoms with van der Waals surface area (Å²) in [6, 6.07) is 1.98. The molecule has 17 heavy (non-hydrogen) atoms. The Hall–Kier alpha value is -2.01. The maximum absolute atomic E-state index is 10.7. The molecule has 0 radical (unpaired) electrons. The number of allylic oxidation sites excluding steroid dienone is 1. The number of fused-ring (bicyclic) bond motifs is 3. The van der Waals surface area contributed by atoms with E-state index in [-0.39, 0.29) is 0 Å². The Morgan fingerprint density at radius 1 is 1.47 bits per heavy atom. The number of hydrogen-bond acceptors (Lipinski definition) is 4. The standard InChI is InChI=1S/C12H9NO3S/c14-12(15)16-9-2-1-5-13-6-3-10-8(11(9)13)4-7-17-10/h1-4,6-7H,5H2,(H,14,15). The van der Waals surface area contributed by atoms with Crippen molar-refractivity contribution in [2.45, 2.75) is 0 Å². The van der Waals surface area contributed by atoms with E-state index in [1.165, 1.54) is 0 Å². The molecule has 3 heterocycles. The topological polar surface area (TPSA) is 49.8 Å². The number of hydrogen-bond donors (Lipinski definition) is 1. The van der Waals surface area contributed by atoms with Gasteiger partial charge in [0.25, 0.3) is 0 Å². The van der Waals surface area contributed by atoms with Gasteiger partial charge in [0.05, 0.1) is 5.70 Å². The lowest BCUT2D eigenvalue weighted by atomic mass is 10.1. The van der Waals surface area contributed by atoms with Crippen molar-refractivity contribution in [3.8, 4) is 0 Å². The number of carboxylic acid groups (broad SMARTS) is 1. The average Bonchev–Trinajstić information content (AvgIpc) is 2.76. The molecule has 0 aliphatic carbocycles. The summed E-state index contributed by atoms with van der Waals surface area (Å²) in [5.41, 5.74) is 1.85. The molecule has 2 aliphatic rings. The molecule has 5 heteroatoms. The van der Waals surface area contributed by atoms with E-state index in [1.54, 1.807) is 17.4 Å². The van der Waals surface area contributed by atoms with Crippen molar-refractivity contribution in [1.82, 2.24) is 4.90 Å². The Bertz CT molecular complexity index is 568. The monoisotopic (exact) mass is 247 g/mol. The molecule has 1 N–H and O–H groups in total. The summed E-state index contributed by atoms with van der Waals surface area (Å²) >= 11 is 1.63. The molecule has 0 fully saturated rings. The van der Waals surface area contributed by atoms with E-state index >= 15 is 0 Å². The molecule has 0 bridgehead atoms. The van der Waals surface area contributed by atoms with E-state index in [0.29, 0.717) is 5.76 Å². The number of rotatable bonds is 1. The average molecular weight is 247 g/mol. The maximum atomic E-state index is 10.7. The van der Waals surface area contributed by atoms with Crippen molar-refractivity contribution >= 4 is 29.3 Å². The molecule has 0 aromatic carbocycles. The Labute approximate surface area is 102 Å². The van der Waals surface area contributed by atoms with Gasteiger partial charge in [0, 0.05) is 23.2 Å². The molecule has 0 spiro atoms. The quantitative estimate of drug-likeness (QED) is 0.775. The van der Waals surface area contributed by atoms with E-state index in [0.717, 1.165) is 22.7 Å². The predicted octanol–water partition coefficient (Wildman–Crippen LogP) is 2.97. The third kappa shape index (κ3) is 1.64. The smallest absolute Gasteiger partial charge is 0.449 e. The molecule has 4 nitrogen and oxygen atoms in total. The molecule has 1 aromatic heterocycles. The molecule has 0 atom stereocenters. The SMILES string of the molecule is O=C(O)OC1=C2c3ccsc3C=CN2CC=C1. The van der Waals surface area contributed by atoms with Gasteiger partial charge >= 0.3 is 6.16 Å². The van der Waals surface area contributed by atoms with Gasteiger partial charge in [-0.05, 0) is 23.6 Å². The lowest BCUT2D eigenvalue weighted by Gasteiger charge is -2.29. The normalized spacial score (nSPS) is 16.8. The van der Waals surface area contributed by atoms with Crippen LogP contribution in [-0.4, -0.2) is 22.7 Å². The van der Waals surface area contributed by atoms with E-state index < -0.39 is 6.16 Å². The molecule has 0 saturated heterocycles. The van der Waals surface area contributed by atoms with Crippen LogP contribution >= 0.6 is 11.3 Å². The minimum Gasteiger partial charge on any atom is -0.449 e. The molecule has 3 rings (SSSR count). The third-order valence-electron chi connectivity index (χ3n) is 2.65. The minimum atomic E-state index is -1.29. The van der Waals surface area contributed by atoms with Crippen molar-refractivity contribution in [1.29, 1.82) is 0 Å². The van der Waals surface area contributed by atoms with Crippen LogP contribution in [-0.2, 0) is 4.74 Å². The highest BCUT2D eigenvalue weighted by Gasteiger charge is 2.24. The number of thiophene rings is 1. The zero-order valence-corrected chi connectivity index (χ0v) is 9.61. The lowest BCUT2D eigenvalue weighted by Crippen LogP contribution is -2.23. The van der Waals surface area contributed by atoms with Gasteiger partial charge in [-0.2, -0.15) is 0 Å². The Morgan fingerprint density at radius 3 is 3.18 bits per heavy atom. The summed E-state index contributed by atoms with van der Waals surface area (Å²) in [5, 5.41) is 10.7. The van der Waals surface area contributed by atoms with E-state index in [2.05, 4.69) is 0 Å². The van der Waals surface area contributed by atoms with Crippen LogP contribution in [0.3, 0.4) is 0 Å². The van der Waals surface area contributed by atoms with Crippen molar-refractivity contribution in [3.05, 3.63) is 46.0 Å². The first-order valence-corrected chi connectivity index (χ1v) is 5.98. The summed E-state index contributed by atoms with van der Waals surface area (Å²) in [6.07, 6.45) is 6.28. The number of carbonyl (C=O) groups is 1. The fourth-order valence-electron chi connectivity index (χ4n) is 1.99. The van der Waals surface area contributed by atoms with Gasteiger partial charge in [0.2, 0.25) is 0 Å². The molecule has 1 aromatic rings.